The number of hydrogen-bond acceptors (Lipinski definition) is 3. The van der Waals surface area contributed by atoms with E-state index in [0.717, 1.165) is 16.8 Å². The molecule has 0 bridgehead atoms. The summed E-state index contributed by atoms with van der Waals surface area (Å²) in [6, 6.07) is 21.2. The summed E-state index contributed by atoms with van der Waals surface area (Å²) in [5, 5.41) is 2.90. The number of hydrogen-bond donors (Lipinski definition) is 1. The fourth-order valence-corrected chi connectivity index (χ4v) is 4.55. The van der Waals surface area contributed by atoms with Gasteiger partial charge in [0.1, 0.15) is 0 Å². The molecule has 0 radical (unpaired) electrons. The fourth-order valence-electron chi connectivity index (χ4n) is 3.10. The van der Waals surface area contributed by atoms with Crippen LogP contribution >= 0.6 is 0 Å². The van der Waals surface area contributed by atoms with E-state index in [0.29, 0.717) is 12.1 Å². The molecule has 6 heteroatoms. The highest BCUT2D eigenvalue weighted by molar-refractivity contribution is 7.89. The first-order valence-corrected chi connectivity index (χ1v) is 11.3. The minimum Gasteiger partial charge on any atom is -0.322 e. The standard InChI is InChI=1S/C24H26N2O3S/c1-4-26(30(28,29)23-8-6-5-7-9-23)17-20-11-13-21(14-12-20)24(27)25-22-15-10-18(2)19(3)16-22/h5-16H,4,17H2,1-3H3,(H,25,27). The zero-order valence-electron chi connectivity index (χ0n) is 17.4. The number of nitrogens with zero attached hydrogens (tertiary/aromatic N) is 1. The summed E-state index contributed by atoms with van der Waals surface area (Å²) in [7, 11) is -3.57. The van der Waals surface area contributed by atoms with Crippen molar-refractivity contribution < 1.29 is 13.2 Å². The number of nitrogens with one attached hydrogen (secondary N) is 1. The lowest BCUT2D eigenvalue weighted by Crippen LogP contribution is -2.30. The van der Waals surface area contributed by atoms with Crippen LogP contribution in [0.2, 0.25) is 0 Å². The highest BCUT2D eigenvalue weighted by Crippen LogP contribution is 2.19. The van der Waals surface area contributed by atoms with Crippen molar-refractivity contribution >= 4 is 21.6 Å². The summed E-state index contributed by atoms with van der Waals surface area (Å²) in [4.78, 5) is 12.8. The second-order valence-electron chi connectivity index (χ2n) is 7.19. The van der Waals surface area contributed by atoms with Crippen LogP contribution in [-0.4, -0.2) is 25.2 Å². The van der Waals surface area contributed by atoms with Gasteiger partial charge in [-0.15, -0.1) is 0 Å². The number of aryl methyl sites for hydroxylation is 2. The van der Waals surface area contributed by atoms with Gasteiger partial charge in [0.2, 0.25) is 10.0 Å². The lowest BCUT2D eigenvalue weighted by molar-refractivity contribution is 0.102. The third-order valence-electron chi connectivity index (χ3n) is 5.07. The third-order valence-corrected chi connectivity index (χ3v) is 7.01. The van der Waals surface area contributed by atoms with Gasteiger partial charge < -0.3 is 5.32 Å². The molecule has 156 valence electrons. The van der Waals surface area contributed by atoms with Gasteiger partial charge in [-0.1, -0.05) is 43.3 Å². The van der Waals surface area contributed by atoms with E-state index in [4.69, 9.17) is 0 Å². The van der Waals surface area contributed by atoms with Crippen LogP contribution in [0.3, 0.4) is 0 Å². The zero-order valence-corrected chi connectivity index (χ0v) is 18.2. The molecule has 3 rings (SSSR count). The molecule has 0 aromatic heterocycles. The maximum absolute atomic E-state index is 12.9. The Morgan fingerprint density at radius 2 is 1.57 bits per heavy atom. The van der Waals surface area contributed by atoms with E-state index in [1.165, 1.54) is 9.87 Å². The maximum atomic E-state index is 12.9. The predicted molar refractivity (Wildman–Crippen MR) is 120 cm³/mol. The molecule has 1 N–H and O–H groups in total. The Morgan fingerprint density at radius 1 is 0.900 bits per heavy atom. The van der Waals surface area contributed by atoms with Crippen LogP contribution in [0.15, 0.2) is 77.7 Å². The predicted octanol–water partition coefficient (Wildman–Crippen LogP) is 4.77. The van der Waals surface area contributed by atoms with Gasteiger partial charge in [0, 0.05) is 24.3 Å². The van der Waals surface area contributed by atoms with Crippen molar-refractivity contribution in [2.45, 2.75) is 32.2 Å². The van der Waals surface area contributed by atoms with E-state index >= 15 is 0 Å². The molecule has 0 aliphatic rings. The molecule has 1 amide bonds. The number of anilines is 1. The Balaban J connectivity index is 1.71. The number of benzene rings is 3. The SMILES string of the molecule is CCN(Cc1ccc(C(=O)Nc2ccc(C)c(C)c2)cc1)S(=O)(=O)c1ccccc1. The average molecular weight is 423 g/mol. The average Bonchev–Trinajstić information content (AvgIpc) is 2.75. The van der Waals surface area contributed by atoms with Gasteiger partial charge in [0.25, 0.3) is 5.91 Å². The van der Waals surface area contributed by atoms with Crippen LogP contribution in [-0.2, 0) is 16.6 Å². The van der Waals surface area contributed by atoms with Crippen LogP contribution in [0.25, 0.3) is 0 Å². The third kappa shape index (κ3) is 4.96. The lowest BCUT2D eigenvalue weighted by Gasteiger charge is -2.20. The molecule has 3 aromatic rings. The first-order valence-electron chi connectivity index (χ1n) is 9.84. The van der Waals surface area contributed by atoms with Crippen LogP contribution in [0.5, 0.6) is 0 Å². The molecule has 0 aliphatic heterocycles. The first-order chi connectivity index (χ1) is 14.3. The molecular formula is C24H26N2O3S. The van der Waals surface area contributed by atoms with Gasteiger partial charge in [0.05, 0.1) is 4.90 Å². The molecule has 0 fully saturated rings. The van der Waals surface area contributed by atoms with Gasteiger partial charge in [-0.05, 0) is 66.9 Å². The van der Waals surface area contributed by atoms with Crippen LogP contribution in [0.4, 0.5) is 5.69 Å². The Bertz CT molecular complexity index is 1120. The highest BCUT2D eigenvalue weighted by atomic mass is 32.2. The summed E-state index contributed by atoms with van der Waals surface area (Å²) in [6.07, 6.45) is 0. The summed E-state index contributed by atoms with van der Waals surface area (Å²) in [6.45, 7) is 6.44. The molecule has 0 saturated heterocycles. The molecule has 5 nitrogen and oxygen atoms in total. The molecule has 0 spiro atoms. The number of carbonyl (C=O) groups is 1. The van der Waals surface area contributed by atoms with E-state index in [2.05, 4.69) is 5.32 Å². The first kappa shape index (κ1) is 21.7. The second kappa shape index (κ2) is 9.24. The maximum Gasteiger partial charge on any atom is 0.255 e. The van der Waals surface area contributed by atoms with Crippen LogP contribution in [0.1, 0.15) is 34.0 Å². The van der Waals surface area contributed by atoms with Gasteiger partial charge >= 0.3 is 0 Å². The van der Waals surface area contributed by atoms with Gasteiger partial charge in [-0.2, -0.15) is 4.31 Å². The van der Waals surface area contributed by atoms with Crippen molar-refractivity contribution in [3.63, 3.8) is 0 Å². The summed E-state index contributed by atoms with van der Waals surface area (Å²) >= 11 is 0. The van der Waals surface area contributed by atoms with Crippen LogP contribution in [0, 0.1) is 13.8 Å². The van der Waals surface area contributed by atoms with Crippen molar-refractivity contribution in [2.75, 3.05) is 11.9 Å². The fraction of sp³-hybridized carbons (Fsp3) is 0.208. The Morgan fingerprint density at radius 3 is 2.17 bits per heavy atom. The molecule has 0 aliphatic carbocycles. The van der Waals surface area contributed by atoms with Crippen molar-refractivity contribution in [3.8, 4) is 0 Å². The minimum atomic E-state index is -3.57. The Kier molecular flexibility index (Phi) is 6.70. The molecule has 30 heavy (non-hydrogen) atoms. The second-order valence-corrected chi connectivity index (χ2v) is 9.13. The van der Waals surface area contributed by atoms with Gasteiger partial charge in [-0.25, -0.2) is 8.42 Å². The number of amides is 1. The number of sulfonamides is 1. The number of rotatable bonds is 7. The normalized spacial score (nSPS) is 11.5. The Hall–Kier alpha value is -2.96. The van der Waals surface area contributed by atoms with E-state index in [1.54, 1.807) is 54.6 Å². The largest absolute Gasteiger partial charge is 0.322 e. The zero-order chi connectivity index (χ0) is 21.7. The molecule has 0 unspecified atom stereocenters. The Labute approximate surface area is 178 Å². The number of carbonyl (C=O) groups excluding carboxylic acids is 1. The quantitative estimate of drug-likeness (QED) is 0.597. The van der Waals surface area contributed by atoms with Crippen molar-refractivity contribution in [2.24, 2.45) is 0 Å². The molecule has 0 heterocycles. The summed E-state index contributed by atoms with van der Waals surface area (Å²) in [5.41, 5.74) is 4.37. The van der Waals surface area contributed by atoms with Gasteiger partial charge in [-0.3, -0.25) is 4.79 Å². The summed E-state index contributed by atoms with van der Waals surface area (Å²) in [5.74, 6) is -0.200. The van der Waals surface area contributed by atoms with Gasteiger partial charge in [0.15, 0.2) is 0 Å². The van der Waals surface area contributed by atoms with Crippen molar-refractivity contribution in [1.29, 1.82) is 0 Å². The molecule has 0 atom stereocenters. The highest BCUT2D eigenvalue weighted by Gasteiger charge is 2.23. The van der Waals surface area contributed by atoms with Crippen molar-refractivity contribution in [1.82, 2.24) is 4.31 Å². The van der Waals surface area contributed by atoms with E-state index in [9.17, 15) is 13.2 Å². The monoisotopic (exact) mass is 422 g/mol. The molecular weight excluding hydrogens is 396 g/mol. The molecule has 3 aromatic carbocycles. The topological polar surface area (TPSA) is 66.5 Å². The molecule has 0 saturated carbocycles. The van der Waals surface area contributed by atoms with E-state index in [-0.39, 0.29) is 17.3 Å². The van der Waals surface area contributed by atoms with E-state index in [1.807, 2.05) is 39.0 Å². The summed E-state index contributed by atoms with van der Waals surface area (Å²) < 4.78 is 27.1. The van der Waals surface area contributed by atoms with Crippen molar-refractivity contribution in [3.05, 3.63) is 95.1 Å². The van der Waals surface area contributed by atoms with Crippen LogP contribution < -0.4 is 5.32 Å². The minimum absolute atomic E-state index is 0.200. The lowest BCUT2D eigenvalue weighted by atomic mass is 10.1. The van der Waals surface area contributed by atoms with E-state index < -0.39 is 10.0 Å². The smallest absolute Gasteiger partial charge is 0.255 e.